The maximum atomic E-state index is 12.5. The number of fused-ring (bicyclic) bond motifs is 1. The van der Waals surface area contributed by atoms with E-state index in [9.17, 15) is 9.36 Å². The zero-order valence-electron chi connectivity index (χ0n) is 22.9. The molecule has 0 bridgehead atoms. The summed E-state index contributed by atoms with van der Waals surface area (Å²) in [6.07, 6.45) is 8.52. The molecule has 8 heteroatoms. The van der Waals surface area contributed by atoms with E-state index < -0.39 is 16.0 Å². The van der Waals surface area contributed by atoms with Gasteiger partial charge in [0.2, 0.25) is 13.9 Å². The quantitative estimate of drug-likeness (QED) is 0.124. The molecule has 0 fully saturated rings. The van der Waals surface area contributed by atoms with Gasteiger partial charge in [0.1, 0.15) is 0 Å². The van der Waals surface area contributed by atoms with E-state index in [1.54, 1.807) is 12.1 Å². The van der Waals surface area contributed by atoms with Gasteiger partial charge >= 0.3 is 7.60 Å². The van der Waals surface area contributed by atoms with Crippen LogP contribution in [-0.2, 0) is 28.8 Å². The molecule has 0 unspecified atom stereocenters. The molecule has 4 aromatic rings. The normalized spacial score (nSPS) is 12.2. The van der Waals surface area contributed by atoms with Crippen molar-refractivity contribution in [1.29, 1.82) is 0 Å². The first-order valence-electron chi connectivity index (χ1n) is 12.6. The number of benzene rings is 4. The van der Waals surface area contributed by atoms with Gasteiger partial charge in [-0.1, -0.05) is 109 Å². The molecule has 0 aliphatic heterocycles. The van der Waals surface area contributed by atoms with Gasteiger partial charge in [0, 0.05) is 34.0 Å². The number of carbonyl (C=O) groups is 1. The molecule has 0 amide bonds. The summed E-state index contributed by atoms with van der Waals surface area (Å²) in [6.45, 7) is 0. The Hall–Kier alpha value is -3.21. The highest BCUT2D eigenvalue weighted by Gasteiger charge is 2.21. The molecule has 0 heterocycles. The van der Waals surface area contributed by atoms with E-state index in [2.05, 4.69) is 42.5 Å². The van der Waals surface area contributed by atoms with Crippen LogP contribution in [0.2, 0.25) is 0 Å². The number of hydrogen-bond acceptors (Lipinski definition) is 6. The molecule has 6 nitrogen and oxygen atoms in total. The molecule has 0 aliphatic rings. The van der Waals surface area contributed by atoms with Crippen LogP contribution in [0.15, 0.2) is 84.9 Å². The Bertz CT molecular complexity index is 1550. The highest BCUT2D eigenvalue weighted by atomic mass is 31.2. The first kappa shape index (κ1) is 29.8. The van der Waals surface area contributed by atoms with E-state index >= 15 is 0 Å². The molecule has 0 atom stereocenters. The van der Waals surface area contributed by atoms with Crippen molar-refractivity contribution >= 4 is 56.6 Å². The van der Waals surface area contributed by atoms with Crippen LogP contribution in [0.5, 0.6) is 0 Å². The third-order valence-electron chi connectivity index (χ3n) is 6.47. The molecule has 0 saturated heterocycles. The lowest BCUT2D eigenvalue weighted by Gasteiger charge is -2.13. The van der Waals surface area contributed by atoms with E-state index in [0.717, 1.165) is 38.6 Å². The van der Waals surface area contributed by atoms with Crippen molar-refractivity contribution in [2.45, 2.75) is 6.16 Å². The minimum Gasteiger partial charge on any atom is -0.332 e. The molecule has 0 spiro atoms. The van der Waals surface area contributed by atoms with Gasteiger partial charge in [-0.15, -0.1) is 0 Å². The van der Waals surface area contributed by atoms with Crippen molar-refractivity contribution in [3.8, 4) is 0 Å². The largest absolute Gasteiger partial charge is 0.334 e. The summed E-state index contributed by atoms with van der Waals surface area (Å²) in [5.41, 5.74) is 5.43. The zero-order chi connectivity index (χ0) is 28.5. The summed E-state index contributed by atoms with van der Waals surface area (Å²) >= 11 is 0. The summed E-state index contributed by atoms with van der Waals surface area (Å²) in [4.78, 5) is 12.5. The SMILES string of the molecule is COP(OC)C(=O)c1ccc(/C=C/c2ccc3ccccc3c2/C=C/c2ccc(CP(=O)(OC)OC)cc2)cc1. The molecular weight excluding hydrogens is 542 g/mol. The Labute approximate surface area is 236 Å². The van der Waals surface area contributed by atoms with Crippen LogP contribution in [0.1, 0.15) is 38.2 Å². The van der Waals surface area contributed by atoms with Crippen LogP contribution in [0.25, 0.3) is 35.1 Å². The Balaban J connectivity index is 1.59. The van der Waals surface area contributed by atoms with Crippen molar-refractivity contribution in [2.24, 2.45) is 0 Å². The molecule has 206 valence electrons. The third-order valence-corrected chi connectivity index (χ3v) is 9.59. The second-order valence-electron chi connectivity index (χ2n) is 8.88. The lowest BCUT2D eigenvalue weighted by atomic mass is 9.97. The van der Waals surface area contributed by atoms with E-state index in [1.165, 1.54) is 28.4 Å². The minimum absolute atomic E-state index is 0.156. The van der Waals surface area contributed by atoms with Crippen LogP contribution >= 0.6 is 16.0 Å². The first-order chi connectivity index (χ1) is 19.4. The van der Waals surface area contributed by atoms with Crippen molar-refractivity contribution in [3.63, 3.8) is 0 Å². The Morgan fingerprint density at radius 2 is 1.32 bits per heavy atom. The lowest BCUT2D eigenvalue weighted by Crippen LogP contribution is -1.99. The third kappa shape index (κ3) is 7.30. The van der Waals surface area contributed by atoms with Gasteiger partial charge in [-0.2, -0.15) is 0 Å². The second-order valence-corrected chi connectivity index (χ2v) is 12.8. The van der Waals surface area contributed by atoms with Crippen molar-refractivity contribution < 1.29 is 27.5 Å². The monoisotopic (exact) mass is 574 g/mol. The van der Waals surface area contributed by atoms with E-state index in [0.29, 0.717) is 5.56 Å². The second kappa shape index (κ2) is 13.9. The number of rotatable bonds is 12. The maximum absolute atomic E-state index is 12.5. The highest BCUT2D eigenvalue weighted by molar-refractivity contribution is 7.66. The minimum atomic E-state index is -3.12. The van der Waals surface area contributed by atoms with E-state index in [1.807, 2.05) is 54.6 Å². The van der Waals surface area contributed by atoms with E-state index in [4.69, 9.17) is 18.1 Å². The fourth-order valence-corrected chi connectivity index (χ4v) is 6.16. The van der Waals surface area contributed by atoms with Crippen molar-refractivity contribution in [1.82, 2.24) is 0 Å². The van der Waals surface area contributed by atoms with Crippen LogP contribution in [0.4, 0.5) is 0 Å². The summed E-state index contributed by atoms with van der Waals surface area (Å²) in [6, 6.07) is 27.8. The highest BCUT2D eigenvalue weighted by Crippen LogP contribution is 2.49. The van der Waals surface area contributed by atoms with Gasteiger partial charge in [-0.3, -0.25) is 9.36 Å². The molecule has 40 heavy (non-hydrogen) atoms. The molecule has 0 radical (unpaired) electrons. The summed E-state index contributed by atoms with van der Waals surface area (Å²) in [5, 5.41) is 2.30. The van der Waals surface area contributed by atoms with Gasteiger partial charge in [-0.25, -0.2) is 0 Å². The van der Waals surface area contributed by atoms with Crippen molar-refractivity contribution in [3.05, 3.63) is 118 Å². The Morgan fingerprint density at radius 1 is 0.725 bits per heavy atom. The molecule has 4 aromatic carbocycles. The molecule has 0 saturated carbocycles. The summed E-state index contributed by atoms with van der Waals surface area (Å²) in [7, 11) is 1.03. The molecule has 0 aromatic heterocycles. The predicted molar refractivity (Wildman–Crippen MR) is 165 cm³/mol. The Kier molecular flexibility index (Phi) is 10.4. The zero-order valence-corrected chi connectivity index (χ0v) is 24.7. The average molecular weight is 575 g/mol. The topological polar surface area (TPSA) is 71.1 Å². The molecule has 0 N–H and O–H groups in total. The molecule has 0 aliphatic carbocycles. The van der Waals surface area contributed by atoms with Crippen LogP contribution in [0.3, 0.4) is 0 Å². The fraction of sp³-hybridized carbons (Fsp3) is 0.156. The first-order valence-corrected chi connectivity index (χ1v) is 15.5. The number of hydrogen-bond donors (Lipinski definition) is 0. The van der Waals surface area contributed by atoms with Crippen LogP contribution < -0.4 is 0 Å². The summed E-state index contributed by atoms with van der Waals surface area (Å²) in [5.74, 6) is 0. The van der Waals surface area contributed by atoms with Crippen molar-refractivity contribution in [2.75, 3.05) is 28.4 Å². The average Bonchev–Trinajstić information content (AvgIpc) is 3.00. The summed E-state index contributed by atoms with van der Waals surface area (Å²) < 4.78 is 32.8. The van der Waals surface area contributed by atoms with Crippen LogP contribution in [-0.4, -0.2) is 34.0 Å². The predicted octanol–water partition coefficient (Wildman–Crippen LogP) is 8.91. The van der Waals surface area contributed by atoms with Crippen LogP contribution in [0, 0.1) is 0 Å². The molecule has 4 rings (SSSR count). The van der Waals surface area contributed by atoms with Gasteiger partial charge in [0.15, 0.2) is 0 Å². The fourth-order valence-electron chi connectivity index (χ4n) is 4.25. The number of carbonyl (C=O) groups excluding carboxylic acids is 1. The Morgan fingerprint density at radius 3 is 1.95 bits per heavy atom. The van der Waals surface area contributed by atoms with Gasteiger partial charge in [0.25, 0.3) is 0 Å². The lowest BCUT2D eigenvalue weighted by molar-refractivity contribution is 0.105. The van der Waals surface area contributed by atoms with Gasteiger partial charge in [0.05, 0.1) is 6.16 Å². The van der Waals surface area contributed by atoms with Gasteiger partial charge in [-0.05, 0) is 38.6 Å². The standard InChI is InChI=1S/C32H32O6P2/c1-35-39(36-2)32(33)29-18-14-25(15-19-29)13-17-28-21-20-27-7-5-6-8-30(27)31(28)22-16-24-9-11-26(12-10-24)23-40(34,37-3)38-4/h5-22H,23H2,1-4H3/b17-13+,22-16+. The smallest absolute Gasteiger partial charge is 0.332 e. The van der Waals surface area contributed by atoms with Gasteiger partial charge < -0.3 is 18.1 Å². The maximum Gasteiger partial charge on any atom is 0.334 e. The van der Waals surface area contributed by atoms with E-state index in [-0.39, 0.29) is 11.7 Å². The molecular formula is C32H32O6P2.